The van der Waals surface area contributed by atoms with Crippen LogP contribution in [0.15, 0.2) is 48.7 Å². The Labute approximate surface area is 143 Å². The summed E-state index contributed by atoms with van der Waals surface area (Å²) in [5.41, 5.74) is 6.17. The van der Waals surface area contributed by atoms with Crippen LogP contribution in [0.4, 0.5) is 0 Å². The molecule has 2 aromatic heterocycles. The van der Waals surface area contributed by atoms with Gasteiger partial charge in [-0.15, -0.1) is 0 Å². The highest BCUT2D eigenvalue weighted by atomic mass is 15.0. The highest BCUT2D eigenvalue weighted by Crippen LogP contribution is 2.32. The van der Waals surface area contributed by atoms with Gasteiger partial charge in [0.1, 0.15) is 5.65 Å². The summed E-state index contributed by atoms with van der Waals surface area (Å²) in [5.74, 6) is 0.477. The first kappa shape index (κ1) is 15.2. The zero-order chi connectivity index (χ0) is 17.1. The van der Waals surface area contributed by atoms with Crippen LogP contribution < -0.4 is 0 Å². The van der Waals surface area contributed by atoms with E-state index >= 15 is 0 Å². The predicted octanol–water partition coefficient (Wildman–Crippen LogP) is 6.06. The number of benzene rings is 2. The fourth-order valence-electron chi connectivity index (χ4n) is 3.51. The van der Waals surface area contributed by atoms with Crippen molar-refractivity contribution in [2.75, 3.05) is 0 Å². The van der Waals surface area contributed by atoms with Crippen LogP contribution in [-0.4, -0.2) is 9.38 Å². The molecule has 4 aromatic rings. The van der Waals surface area contributed by atoms with Gasteiger partial charge in [-0.25, -0.2) is 4.98 Å². The van der Waals surface area contributed by atoms with Crippen molar-refractivity contribution in [1.82, 2.24) is 9.38 Å². The lowest BCUT2D eigenvalue weighted by atomic mass is 9.87. The van der Waals surface area contributed by atoms with Gasteiger partial charge in [0.05, 0.1) is 11.0 Å². The second kappa shape index (κ2) is 5.07. The molecule has 0 atom stereocenters. The first-order chi connectivity index (χ1) is 11.4. The molecule has 0 N–H and O–H groups in total. The second-order valence-electron chi connectivity index (χ2n) is 8.04. The van der Waals surface area contributed by atoms with Crippen LogP contribution in [0.3, 0.4) is 0 Å². The van der Waals surface area contributed by atoms with Crippen LogP contribution in [0.1, 0.15) is 51.7 Å². The summed E-state index contributed by atoms with van der Waals surface area (Å²) in [6.07, 6.45) is 2.16. The molecular formula is C22H24N2. The van der Waals surface area contributed by atoms with E-state index < -0.39 is 0 Å². The van der Waals surface area contributed by atoms with Gasteiger partial charge in [-0.2, -0.15) is 0 Å². The van der Waals surface area contributed by atoms with Crippen molar-refractivity contribution in [3.63, 3.8) is 0 Å². The molecule has 122 valence electrons. The Bertz CT molecular complexity index is 1060. The second-order valence-corrected chi connectivity index (χ2v) is 8.04. The van der Waals surface area contributed by atoms with Crippen molar-refractivity contribution in [1.29, 1.82) is 0 Å². The first-order valence-corrected chi connectivity index (χ1v) is 8.70. The molecule has 0 saturated heterocycles. The number of hydrogen-bond donors (Lipinski definition) is 0. The molecule has 0 radical (unpaired) electrons. The highest BCUT2D eigenvalue weighted by molar-refractivity contribution is 6.00. The van der Waals surface area contributed by atoms with Gasteiger partial charge >= 0.3 is 0 Å². The summed E-state index contributed by atoms with van der Waals surface area (Å²) < 4.78 is 2.25. The summed E-state index contributed by atoms with van der Waals surface area (Å²) in [4.78, 5) is 4.97. The van der Waals surface area contributed by atoms with Crippen molar-refractivity contribution < 1.29 is 0 Å². The van der Waals surface area contributed by atoms with Gasteiger partial charge in [0.15, 0.2) is 0 Å². The van der Waals surface area contributed by atoms with Crippen LogP contribution in [0, 0.1) is 0 Å². The minimum Gasteiger partial charge on any atom is -0.299 e. The third kappa shape index (κ3) is 2.21. The number of pyridine rings is 1. The van der Waals surface area contributed by atoms with Crippen LogP contribution in [0.5, 0.6) is 0 Å². The molecule has 2 nitrogen and oxygen atoms in total. The highest BCUT2D eigenvalue weighted by Gasteiger charge is 2.17. The number of nitrogens with zero attached hydrogens (tertiary/aromatic N) is 2. The topological polar surface area (TPSA) is 17.3 Å². The fourth-order valence-corrected chi connectivity index (χ4v) is 3.51. The molecule has 4 rings (SSSR count). The number of fused-ring (bicyclic) bond motifs is 5. The molecule has 2 heteroatoms. The van der Waals surface area contributed by atoms with Crippen molar-refractivity contribution in [3.8, 4) is 0 Å². The third-order valence-corrected chi connectivity index (χ3v) is 4.93. The number of imidazole rings is 1. The van der Waals surface area contributed by atoms with E-state index in [0.29, 0.717) is 5.92 Å². The Balaban J connectivity index is 2.14. The van der Waals surface area contributed by atoms with E-state index in [1.54, 1.807) is 0 Å². The quantitative estimate of drug-likeness (QED) is 0.417. The summed E-state index contributed by atoms with van der Waals surface area (Å²) in [7, 11) is 0. The van der Waals surface area contributed by atoms with Crippen LogP contribution in [0.2, 0.25) is 0 Å². The predicted molar refractivity (Wildman–Crippen MR) is 103 cm³/mol. The van der Waals surface area contributed by atoms with Crippen molar-refractivity contribution >= 4 is 27.5 Å². The lowest BCUT2D eigenvalue weighted by molar-refractivity contribution is 0.591. The maximum atomic E-state index is 4.97. The zero-order valence-corrected chi connectivity index (χ0v) is 15.1. The monoisotopic (exact) mass is 316 g/mol. The largest absolute Gasteiger partial charge is 0.299 e. The van der Waals surface area contributed by atoms with Gasteiger partial charge in [0, 0.05) is 11.6 Å². The van der Waals surface area contributed by atoms with Crippen LogP contribution in [0.25, 0.3) is 27.5 Å². The Morgan fingerprint density at radius 3 is 2.50 bits per heavy atom. The molecule has 0 aliphatic carbocycles. The van der Waals surface area contributed by atoms with Crippen LogP contribution >= 0.6 is 0 Å². The molecule has 2 aromatic carbocycles. The molecule has 0 aliphatic heterocycles. The van der Waals surface area contributed by atoms with E-state index in [1.807, 2.05) is 0 Å². The van der Waals surface area contributed by atoms with E-state index in [-0.39, 0.29) is 5.41 Å². The van der Waals surface area contributed by atoms with Gasteiger partial charge in [-0.05, 0) is 46.0 Å². The van der Waals surface area contributed by atoms with Gasteiger partial charge in [0.25, 0.3) is 0 Å². The Kier molecular flexibility index (Phi) is 3.21. The average molecular weight is 316 g/mol. The van der Waals surface area contributed by atoms with Gasteiger partial charge in [-0.3, -0.25) is 4.40 Å². The smallest absolute Gasteiger partial charge is 0.146 e. The Hall–Kier alpha value is -2.35. The zero-order valence-electron chi connectivity index (χ0n) is 15.1. The molecule has 0 aliphatic rings. The maximum absolute atomic E-state index is 4.97. The molecule has 0 saturated carbocycles. The van der Waals surface area contributed by atoms with Crippen molar-refractivity contribution in [2.45, 2.75) is 46.0 Å². The fraction of sp³-hybridized carbons (Fsp3) is 0.318. The Morgan fingerprint density at radius 2 is 1.79 bits per heavy atom. The summed E-state index contributed by atoms with van der Waals surface area (Å²) in [6, 6.07) is 15.4. The summed E-state index contributed by atoms with van der Waals surface area (Å²) in [6.45, 7) is 11.3. The number of hydrogen-bond acceptors (Lipinski definition) is 1. The molecule has 0 bridgehead atoms. The van der Waals surface area contributed by atoms with Gasteiger partial charge < -0.3 is 0 Å². The van der Waals surface area contributed by atoms with E-state index in [0.717, 1.165) is 11.2 Å². The SMILES string of the molecule is CC(C)c1cccc2ccn3c4cc(C(C)(C)C)ccc4nc3c12. The van der Waals surface area contributed by atoms with Gasteiger partial charge in [-0.1, -0.05) is 58.9 Å². The molecule has 0 fully saturated rings. The van der Waals surface area contributed by atoms with E-state index in [4.69, 9.17) is 4.98 Å². The van der Waals surface area contributed by atoms with Crippen molar-refractivity contribution in [2.24, 2.45) is 0 Å². The lowest BCUT2D eigenvalue weighted by Crippen LogP contribution is -2.10. The standard InChI is InChI=1S/C22H24N2/c1-14(2)17-8-6-7-15-11-12-24-19-13-16(22(3,4)5)9-10-18(19)23-21(24)20(15)17/h6-14H,1-5H3. The molecule has 0 amide bonds. The minimum atomic E-state index is 0.137. The number of aromatic nitrogens is 2. The normalized spacial score (nSPS) is 12.8. The molecule has 0 spiro atoms. The van der Waals surface area contributed by atoms with E-state index in [2.05, 4.69) is 87.7 Å². The lowest BCUT2D eigenvalue weighted by Gasteiger charge is -2.18. The van der Waals surface area contributed by atoms with Crippen LogP contribution in [-0.2, 0) is 5.41 Å². The summed E-state index contributed by atoms with van der Waals surface area (Å²) >= 11 is 0. The summed E-state index contributed by atoms with van der Waals surface area (Å²) in [5, 5.41) is 2.54. The molecule has 2 heterocycles. The van der Waals surface area contributed by atoms with Crippen molar-refractivity contribution in [3.05, 3.63) is 59.8 Å². The van der Waals surface area contributed by atoms with E-state index in [1.165, 1.54) is 27.4 Å². The average Bonchev–Trinajstić information content (AvgIpc) is 2.91. The minimum absolute atomic E-state index is 0.137. The Morgan fingerprint density at radius 1 is 1.00 bits per heavy atom. The molecular weight excluding hydrogens is 292 g/mol. The van der Waals surface area contributed by atoms with Gasteiger partial charge in [0.2, 0.25) is 0 Å². The number of rotatable bonds is 1. The molecule has 0 unspecified atom stereocenters. The first-order valence-electron chi connectivity index (χ1n) is 8.70. The third-order valence-electron chi connectivity index (χ3n) is 4.93. The maximum Gasteiger partial charge on any atom is 0.146 e. The molecule has 24 heavy (non-hydrogen) atoms. The van der Waals surface area contributed by atoms with E-state index in [9.17, 15) is 0 Å².